The second-order valence-electron chi connectivity index (χ2n) is 4.68. The van der Waals surface area contributed by atoms with Crippen LogP contribution in [0.25, 0.3) is 0 Å². The minimum atomic E-state index is -1.15. The number of carboxylic acid groups (broad SMARTS) is 1. The van der Waals surface area contributed by atoms with Crippen LogP contribution in [-0.2, 0) is 0 Å². The van der Waals surface area contributed by atoms with Crippen molar-refractivity contribution in [2.75, 3.05) is 12.0 Å². The number of carboxylic acids is 1. The van der Waals surface area contributed by atoms with E-state index in [1.54, 1.807) is 24.3 Å². The van der Waals surface area contributed by atoms with Gasteiger partial charge in [0.1, 0.15) is 5.75 Å². The molecule has 110 valence electrons. The number of hydrogen-bond donors (Lipinski definition) is 1. The maximum Gasteiger partial charge on any atom is 0.335 e. The summed E-state index contributed by atoms with van der Waals surface area (Å²) in [7, 11) is 1.44. The van der Waals surface area contributed by atoms with Crippen molar-refractivity contribution in [3.8, 4) is 5.75 Å². The van der Waals surface area contributed by atoms with Gasteiger partial charge in [0.25, 0.3) is 11.8 Å². The second kappa shape index (κ2) is 5.00. The van der Waals surface area contributed by atoms with E-state index in [4.69, 9.17) is 9.84 Å². The summed E-state index contributed by atoms with van der Waals surface area (Å²) in [6, 6.07) is 10.5. The number of imide groups is 1. The van der Waals surface area contributed by atoms with Crippen LogP contribution >= 0.6 is 0 Å². The van der Waals surface area contributed by atoms with Gasteiger partial charge in [-0.1, -0.05) is 12.1 Å². The average Bonchev–Trinajstić information content (AvgIpc) is 2.78. The van der Waals surface area contributed by atoms with Crippen LogP contribution in [0.15, 0.2) is 42.5 Å². The summed E-state index contributed by atoms with van der Waals surface area (Å²) in [6.07, 6.45) is 0. The Morgan fingerprint density at radius 2 is 1.73 bits per heavy atom. The number of carbonyl (C=O) groups is 3. The van der Waals surface area contributed by atoms with Crippen molar-refractivity contribution >= 4 is 23.5 Å². The second-order valence-corrected chi connectivity index (χ2v) is 4.68. The zero-order chi connectivity index (χ0) is 15.9. The van der Waals surface area contributed by atoms with Crippen LogP contribution in [-0.4, -0.2) is 30.0 Å². The number of benzene rings is 2. The highest BCUT2D eigenvalue weighted by Gasteiger charge is 2.38. The Morgan fingerprint density at radius 3 is 2.41 bits per heavy atom. The minimum Gasteiger partial charge on any atom is -0.495 e. The van der Waals surface area contributed by atoms with Crippen molar-refractivity contribution in [1.82, 2.24) is 0 Å². The highest BCUT2D eigenvalue weighted by molar-refractivity contribution is 6.35. The number of para-hydroxylation sites is 2. The summed E-state index contributed by atoms with van der Waals surface area (Å²) >= 11 is 0. The number of fused-ring (bicyclic) bond motifs is 1. The number of rotatable bonds is 3. The molecule has 0 aromatic heterocycles. The highest BCUT2D eigenvalue weighted by atomic mass is 16.5. The number of nitrogens with zero attached hydrogens (tertiary/aromatic N) is 1. The maximum atomic E-state index is 12.5. The van der Waals surface area contributed by atoms with Gasteiger partial charge in [0.2, 0.25) is 0 Å². The van der Waals surface area contributed by atoms with Crippen LogP contribution in [0.4, 0.5) is 5.69 Å². The molecule has 0 saturated heterocycles. The predicted octanol–water partition coefficient (Wildman–Crippen LogP) is 2.19. The van der Waals surface area contributed by atoms with Gasteiger partial charge in [0.15, 0.2) is 0 Å². The molecule has 0 spiro atoms. The van der Waals surface area contributed by atoms with Gasteiger partial charge in [-0.3, -0.25) is 9.59 Å². The third-order valence-electron chi connectivity index (χ3n) is 3.46. The van der Waals surface area contributed by atoms with Crippen molar-refractivity contribution in [2.45, 2.75) is 0 Å². The standard InChI is InChI=1S/C16H11NO5/c1-22-13-5-3-2-4-12(13)17-14(18)10-7-6-9(16(20)21)8-11(10)15(17)19/h2-8H,1H3,(H,20,21). The first-order chi connectivity index (χ1) is 10.5. The third kappa shape index (κ3) is 1.93. The smallest absolute Gasteiger partial charge is 0.335 e. The summed E-state index contributed by atoms with van der Waals surface area (Å²) in [4.78, 5) is 37.0. The number of ether oxygens (including phenoxy) is 1. The molecule has 6 nitrogen and oxygen atoms in total. The molecule has 1 aliphatic heterocycles. The Balaban J connectivity index is 2.12. The molecule has 1 aliphatic rings. The first-order valence-corrected chi connectivity index (χ1v) is 6.43. The summed E-state index contributed by atoms with van der Waals surface area (Å²) < 4.78 is 5.17. The Labute approximate surface area is 125 Å². The molecular formula is C16H11NO5. The van der Waals surface area contributed by atoms with Crippen molar-refractivity contribution in [3.05, 3.63) is 59.2 Å². The Bertz CT molecular complexity index is 812. The first kappa shape index (κ1) is 13.8. The van der Waals surface area contributed by atoms with Crippen molar-refractivity contribution < 1.29 is 24.2 Å². The molecule has 22 heavy (non-hydrogen) atoms. The summed E-state index contributed by atoms with van der Waals surface area (Å²) in [5.74, 6) is -1.83. The van der Waals surface area contributed by atoms with E-state index in [2.05, 4.69) is 0 Å². The van der Waals surface area contributed by atoms with Gasteiger partial charge in [0, 0.05) is 0 Å². The van der Waals surface area contributed by atoms with Crippen LogP contribution in [0.5, 0.6) is 5.75 Å². The molecule has 0 aliphatic carbocycles. The lowest BCUT2D eigenvalue weighted by atomic mass is 10.1. The van der Waals surface area contributed by atoms with E-state index in [1.807, 2.05) is 0 Å². The predicted molar refractivity (Wildman–Crippen MR) is 77.5 cm³/mol. The number of amides is 2. The van der Waals surface area contributed by atoms with Gasteiger partial charge < -0.3 is 9.84 Å². The molecule has 0 fully saturated rings. The van der Waals surface area contributed by atoms with Crippen LogP contribution in [0.1, 0.15) is 31.1 Å². The first-order valence-electron chi connectivity index (χ1n) is 6.43. The molecule has 1 N–H and O–H groups in total. The monoisotopic (exact) mass is 297 g/mol. The van der Waals surface area contributed by atoms with Gasteiger partial charge in [-0.15, -0.1) is 0 Å². The van der Waals surface area contributed by atoms with Crippen LogP contribution in [0, 0.1) is 0 Å². The largest absolute Gasteiger partial charge is 0.495 e. The highest BCUT2D eigenvalue weighted by Crippen LogP contribution is 2.34. The van der Waals surface area contributed by atoms with E-state index in [9.17, 15) is 14.4 Å². The molecule has 2 aromatic rings. The SMILES string of the molecule is COc1ccccc1N1C(=O)c2ccc(C(=O)O)cc2C1=O. The minimum absolute atomic E-state index is 0.0400. The number of anilines is 1. The van der Waals surface area contributed by atoms with Crippen molar-refractivity contribution in [2.24, 2.45) is 0 Å². The Hall–Kier alpha value is -3.15. The van der Waals surface area contributed by atoms with Crippen molar-refractivity contribution in [3.63, 3.8) is 0 Å². The van der Waals surface area contributed by atoms with E-state index in [0.29, 0.717) is 11.4 Å². The van der Waals surface area contributed by atoms with E-state index >= 15 is 0 Å². The molecule has 0 atom stereocenters. The van der Waals surface area contributed by atoms with Gasteiger partial charge in [-0.05, 0) is 30.3 Å². The lowest BCUT2D eigenvalue weighted by Crippen LogP contribution is -2.29. The zero-order valence-electron chi connectivity index (χ0n) is 11.6. The molecule has 6 heteroatoms. The quantitative estimate of drug-likeness (QED) is 0.878. The van der Waals surface area contributed by atoms with Gasteiger partial charge in [-0.2, -0.15) is 0 Å². The molecule has 2 aromatic carbocycles. The maximum absolute atomic E-state index is 12.5. The molecule has 2 amide bonds. The number of hydrogen-bond acceptors (Lipinski definition) is 4. The lowest BCUT2D eigenvalue weighted by Gasteiger charge is -2.16. The Morgan fingerprint density at radius 1 is 1.05 bits per heavy atom. The molecule has 0 radical (unpaired) electrons. The average molecular weight is 297 g/mol. The fourth-order valence-corrected chi connectivity index (χ4v) is 2.41. The van der Waals surface area contributed by atoms with E-state index in [1.165, 1.54) is 25.3 Å². The molecule has 0 bridgehead atoms. The van der Waals surface area contributed by atoms with Gasteiger partial charge in [-0.25, -0.2) is 9.69 Å². The van der Waals surface area contributed by atoms with E-state index in [0.717, 1.165) is 4.90 Å². The fraction of sp³-hybridized carbons (Fsp3) is 0.0625. The zero-order valence-corrected chi connectivity index (χ0v) is 11.6. The summed E-state index contributed by atoms with van der Waals surface area (Å²) in [5, 5.41) is 9.00. The molecular weight excluding hydrogens is 286 g/mol. The number of aromatic carboxylic acids is 1. The van der Waals surface area contributed by atoms with Crippen LogP contribution in [0.3, 0.4) is 0 Å². The summed E-state index contributed by atoms with van der Waals surface area (Å²) in [5.41, 5.74) is 0.548. The Kier molecular flexibility index (Phi) is 3.14. The summed E-state index contributed by atoms with van der Waals surface area (Å²) in [6.45, 7) is 0. The van der Waals surface area contributed by atoms with Crippen molar-refractivity contribution in [1.29, 1.82) is 0 Å². The van der Waals surface area contributed by atoms with Gasteiger partial charge >= 0.3 is 5.97 Å². The van der Waals surface area contributed by atoms with Gasteiger partial charge in [0.05, 0.1) is 29.5 Å². The van der Waals surface area contributed by atoms with E-state index in [-0.39, 0.29) is 16.7 Å². The molecule has 0 unspecified atom stereocenters. The van der Waals surface area contributed by atoms with E-state index < -0.39 is 17.8 Å². The van der Waals surface area contributed by atoms with Crippen LogP contribution in [0.2, 0.25) is 0 Å². The third-order valence-corrected chi connectivity index (χ3v) is 3.46. The molecule has 3 rings (SSSR count). The number of methoxy groups -OCH3 is 1. The molecule has 0 saturated carbocycles. The van der Waals surface area contributed by atoms with Crippen LogP contribution < -0.4 is 9.64 Å². The molecule has 1 heterocycles. The topological polar surface area (TPSA) is 83.9 Å². The normalized spacial score (nSPS) is 13.2. The lowest BCUT2D eigenvalue weighted by molar-refractivity contribution is 0.0696. The fourth-order valence-electron chi connectivity index (χ4n) is 2.41. The number of carbonyl (C=O) groups excluding carboxylic acids is 2.